The predicted molar refractivity (Wildman–Crippen MR) is 115 cm³/mol. The number of amides is 1. The maximum atomic E-state index is 13.5. The second kappa shape index (κ2) is 8.07. The number of aliphatic hydroxyl groups is 1. The van der Waals surface area contributed by atoms with E-state index in [2.05, 4.69) is 0 Å². The number of nitrogens with zero attached hydrogens (tertiary/aromatic N) is 1. The molecule has 6 heteroatoms. The predicted octanol–water partition coefficient (Wildman–Crippen LogP) is 4.77. The Balaban J connectivity index is 1.97. The van der Waals surface area contributed by atoms with Crippen molar-refractivity contribution < 1.29 is 23.8 Å². The van der Waals surface area contributed by atoms with Crippen LogP contribution in [-0.2, 0) is 9.59 Å². The molecule has 1 heterocycles. The number of ether oxygens (including phenoxy) is 1. The summed E-state index contributed by atoms with van der Waals surface area (Å²) in [4.78, 5) is 27.4. The van der Waals surface area contributed by atoms with E-state index in [0.29, 0.717) is 22.6 Å². The zero-order valence-corrected chi connectivity index (χ0v) is 17.0. The van der Waals surface area contributed by atoms with Crippen LogP contribution in [0.25, 0.3) is 5.76 Å². The lowest BCUT2D eigenvalue weighted by molar-refractivity contribution is -0.132. The van der Waals surface area contributed by atoms with E-state index in [9.17, 15) is 19.1 Å². The van der Waals surface area contributed by atoms with Crippen molar-refractivity contribution in [3.8, 4) is 5.75 Å². The largest absolute Gasteiger partial charge is 0.507 e. The van der Waals surface area contributed by atoms with Crippen LogP contribution in [0.3, 0.4) is 0 Å². The minimum atomic E-state index is -0.878. The molecule has 1 unspecified atom stereocenters. The van der Waals surface area contributed by atoms with Gasteiger partial charge >= 0.3 is 0 Å². The normalized spacial score (nSPS) is 17.8. The summed E-state index contributed by atoms with van der Waals surface area (Å²) in [6, 6.07) is 18.6. The molecule has 0 spiro atoms. The molecular weight excluding hydrogens is 397 g/mol. The van der Waals surface area contributed by atoms with Crippen LogP contribution in [0.5, 0.6) is 5.75 Å². The molecule has 5 nitrogen and oxygen atoms in total. The Morgan fingerprint density at radius 3 is 2.32 bits per heavy atom. The van der Waals surface area contributed by atoms with Crippen molar-refractivity contribution in [1.82, 2.24) is 0 Å². The highest BCUT2D eigenvalue weighted by molar-refractivity contribution is 6.51. The first-order chi connectivity index (χ1) is 14.9. The van der Waals surface area contributed by atoms with Crippen LogP contribution >= 0.6 is 0 Å². The Morgan fingerprint density at radius 1 is 1.00 bits per heavy atom. The number of benzene rings is 3. The summed E-state index contributed by atoms with van der Waals surface area (Å²) >= 11 is 0. The Labute approximate surface area is 179 Å². The van der Waals surface area contributed by atoms with Crippen LogP contribution in [0, 0.1) is 12.7 Å². The molecule has 0 aromatic heterocycles. The van der Waals surface area contributed by atoms with Gasteiger partial charge in [0.1, 0.15) is 17.3 Å². The molecule has 156 valence electrons. The molecule has 0 bridgehead atoms. The van der Waals surface area contributed by atoms with Gasteiger partial charge in [-0.2, -0.15) is 0 Å². The molecule has 4 rings (SSSR count). The summed E-state index contributed by atoms with van der Waals surface area (Å²) in [5.41, 5.74) is 2.11. The zero-order chi connectivity index (χ0) is 22.1. The minimum Gasteiger partial charge on any atom is -0.507 e. The molecule has 1 saturated heterocycles. The molecule has 3 aromatic rings. The van der Waals surface area contributed by atoms with Crippen molar-refractivity contribution >= 4 is 23.1 Å². The number of Topliss-reactive ketones (excluding diaryl/α,β-unsaturated/α-hetero) is 1. The van der Waals surface area contributed by atoms with Gasteiger partial charge in [0.2, 0.25) is 0 Å². The molecule has 0 aliphatic carbocycles. The van der Waals surface area contributed by atoms with Gasteiger partial charge in [-0.3, -0.25) is 14.5 Å². The monoisotopic (exact) mass is 417 g/mol. The van der Waals surface area contributed by atoms with E-state index < -0.39 is 23.5 Å². The number of methoxy groups -OCH3 is 1. The van der Waals surface area contributed by atoms with Crippen LogP contribution in [0.4, 0.5) is 10.1 Å². The van der Waals surface area contributed by atoms with Gasteiger partial charge in [-0.1, -0.05) is 42.0 Å². The first-order valence-corrected chi connectivity index (χ1v) is 9.69. The summed E-state index contributed by atoms with van der Waals surface area (Å²) in [6.45, 7) is 1.85. The van der Waals surface area contributed by atoms with Gasteiger partial charge in [0, 0.05) is 5.69 Å². The molecule has 0 saturated carbocycles. The van der Waals surface area contributed by atoms with Crippen molar-refractivity contribution in [2.24, 2.45) is 0 Å². The third-order valence-corrected chi connectivity index (χ3v) is 5.27. The lowest BCUT2D eigenvalue weighted by Gasteiger charge is -2.25. The molecule has 1 aliphatic rings. The van der Waals surface area contributed by atoms with Gasteiger partial charge < -0.3 is 9.84 Å². The fraction of sp³-hybridized carbons (Fsp3) is 0.120. The van der Waals surface area contributed by atoms with Crippen LogP contribution in [0.1, 0.15) is 22.7 Å². The maximum absolute atomic E-state index is 13.5. The smallest absolute Gasteiger partial charge is 0.300 e. The number of halogens is 1. The Hall–Kier alpha value is -3.93. The number of aryl methyl sites for hydroxylation is 1. The number of hydrogen-bond acceptors (Lipinski definition) is 4. The van der Waals surface area contributed by atoms with Crippen LogP contribution in [0.15, 0.2) is 78.4 Å². The maximum Gasteiger partial charge on any atom is 0.300 e. The van der Waals surface area contributed by atoms with E-state index in [4.69, 9.17) is 4.74 Å². The first-order valence-electron chi connectivity index (χ1n) is 9.69. The lowest BCUT2D eigenvalue weighted by Crippen LogP contribution is -2.29. The zero-order valence-electron chi connectivity index (χ0n) is 17.0. The number of carbonyl (C=O) groups is 2. The van der Waals surface area contributed by atoms with Gasteiger partial charge in [-0.15, -0.1) is 0 Å². The number of rotatable bonds is 4. The fourth-order valence-electron chi connectivity index (χ4n) is 3.80. The van der Waals surface area contributed by atoms with E-state index in [1.807, 2.05) is 19.1 Å². The van der Waals surface area contributed by atoms with E-state index >= 15 is 0 Å². The molecule has 1 atom stereocenters. The standard InChI is InChI=1S/C25H20FNO4/c1-15-8-13-20(31-2)19(14-15)23(28)21-22(16-6-4-3-5-7-16)27(25(30)24(21)29)18-11-9-17(26)10-12-18/h3-14,22,28H,1-2H3/b23-21+. The van der Waals surface area contributed by atoms with Gasteiger partial charge in [-0.25, -0.2) is 4.39 Å². The fourth-order valence-corrected chi connectivity index (χ4v) is 3.80. The molecular formula is C25H20FNO4. The van der Waals surface area contributed by atoms with Crippen LogP contribution in [0.2, 0.25) is 0 Å². The highest BCUT2D eigenvalue weighted by Gasteiger charge is 2.47. The quantitative estimate of drug-likeness (QED) is 0.377. The topological polar surface area (TPSA) is 66.8 Å². The number of aliphatic hydroxyl groups excluding tert-OH is 1. The van der Waals surface area contributed by atoms with Gasteiger partial charge in [0.05, 0.1) is 24.3 Å². The first kappa shape index (κ1) is 20.3. The molecule has 1 aliphatic heterocycles. The van der Waals surface area contributed by atoms with Gasteiger partial charge in [0.25, 0.3) is 11.7 Å². The average molecular weight is 417 g/mol. The van der Waals surface area contributed by atoms with Crippen molar-refractivity contribution in [2.45, 2.75) is 13.0 Å². The minimum absolute atomic E-state index is 0.0515. The Morgan fingerprint density at radius 2 is 1.68 bits per heavy atom. The summed E-state index contributed by atoms with van der Waals surface area (Å²) in [5.74, 6) is -2.02. The van der Waals surface area contributed by atoms with Crippen LogP contribution < -0.4 is 9.64 Å². The molecule has 0 radical (unpaired) electrons. The highest BCUT2D eigenvalue weighted by Crippen LogP contribution is 2.43. The third kappa shape index (κ3) is 3.57. The Kier molecular flexibility index (Phi) is 5.29. The molecule has 3 aromatic carbocycles. The number of anilines is 1. The van der Waals surface area contributed by atoms with Crippen LogP contribution in [-0.4, -0.2) is 23.9 Å². The summed E-state index contributed by atoms with van der Waals surface area (Å²) in [6.07, 6.45) is 0. The van der Waals surface area contributed by atoms with E-state index in [1.165, 1.54) is 36.3 Å². The Bertz CT molecular complexity index is 1190. The second-order valence-electron chi connectivity index (χ2n) is 7.26. The highest BCUT2D eigenvalue weighted by atomic mass is 19.1. The third-order valence-electron chi connectivity index (χ3n) is 5.27. The van der Waals surface area contributed by atoms with Crippen molar-refractivity contribution in [1.29, 1.82) is 0 Å². The van der Waals surface area contributed by atoms with Crippen molar-refractivity contribution in [3.05, 3.63) is 101 Å². The van der Waals surface area contributed by atoms with Gasteiger partial charge in [0.15, 0.2) is 0 Å². The molecule has 1 N–H and O–H groups in total. The van der Waals surface area contributed by atoms with Crippen molar-refractivity contribution in [2.75, 3.05) is 12.0 Å². The summed E-state index contributed by atoms with van der Waals surface area (Å²) in [7, 11) is 1.47. The van der Waals surface area contributed by atoms with E-state index in [1.54, 1.807) is 36.4 Å². The number of carbonyl (C=O) groups excluding carboxylic acids is 2. The molecule has 31 heavy (non-hydrogen) atoms. The SMILES string of the molecule is COc1ccc(C)cc1/C(O)=C1\C(=O)C(=O)N(c2ccc(F)cc2)C1c1ccccc1. The molecule has 1 amide bonds. The van der Waals surface area contributed by atoms with E-state index in [-0.39, 0.29) is 11.3 Å². The van der Waals surface area contributed by atoms with Gasteiger partial charge in [-0.05, 0) is 48.9 Å². The summed E-state index contributed by atoms with van der Waals surface area (Å²) < 4.78 is 18.8. The van der Waals surface area contributed by atoms with Crippen molar-refractivity contribution in [3.63, 3.8) is 0 Å². The molecule has 1 fully saturated rings. The second-order valence-corrected chi connectivity index (χ2v) is 7.26. The van der Waals surface area contributed by atoms with E-state index in [0.717, 1.165) is 5.56 Å². The lowest BCUT2D eigenvalue weighted by atomic mass is 9.94. The number of hydrogen-bond donors (Lipinski definition) is 1. The summed E-state index contributed by atoms with van der Waals surface area (Å²) in [5, 5.41) is 11.2. The number of ketones is 1. The average Bonchev–Trinajstić information content (AvgIpc) is 3.05.